The first-order valence-corrected chi connectivity index (χ1v) is 9.04. The van der Waals surface area contributed by atoms with E-state index in [1.54, 1.807) is 53.7 Å². The number of amides is 2. The Morgan fingerprint density at radius 2 is 1.90 bits per heavy atom. The van der Waals surface area contributed by atoms with Gasteiger partial charge in [0.25, 0.3) is 11.8 Å². The van der Waals surface area contributed by atoms with Crippen molar-refractivity contribution < 1.29 is 14.1 Å². The van der Waals surface area contributed by atoms with E-state index >= 15 is 0 Å². The van der Waals surface area contributed by atoms with Gasteiger partial charge in [-0.1, -0.05) is 41.6 Å². The van der Waals surface area contributed by atoms with Gasteiger partial charge in [-0.25, -0.2) is 4.98 Å². The van der Waals surface area contributed by atoms with Crippen LogP contribution in [0.1, 0.15) is 32.4 Å². The van der Waals surface area contributed by atoms with Crippen molar-refractivity contribution in [2.75, 3.05) is 12.4 Å². The van der Waals surface area contributed by atoms with Crippen molar-refractivity contribution in [1.29, 1.82) is 0 Å². The molecule has 1 aromatic carbocycles. The van der Waals surface area contributed by atoms with E-state index in [1.165, 1.54) is 0 Å². The summed E-state index contributed by atoms with van der Waals surface area (Å²) in [6, 6.07) is 16.6. The molecule has 0 unspecified atom stereocenters. The molecule has 0 radical (unpaired) electrons. The Balaban J connectivity index is 1.64. The number of fused-ring (bicyclic) bond motifs is 1. The Morgan fingerprint density at radius 3 is 2.62 bits per heavy atom. The van der Waals surface area contributed by atoms with Crippen LogP contribution in [0.15, 0.2) is 65.3 Å². The summed E-state index contributed by atoms with van der Waals surface area (Å²) in [4.78, 5) is 31.7. The van der Waals surface area contributed by atoms with Crippen LogP contribution in [0.25, 0.3) is 5.52 Å². The van der Waals surface area contributed by atoms with Gasteiger partial charge in [-0.15, -0.1) is 0 Å². The van der Waals surface area contributed by atoms with Crippen LogP contribution >= 0.6 is 0 Å². The third-order valence-electron chi connectivity index (χ3n) is 4.43. The molecule has 0 fully saturated rings. The average Bonchev–Trinajstić information content (AvgIpc) is 3.31. The van der Waals surface area contributed by atoms with Crippen LogP contribution in [0.5, 0.6) is 0 Å². The van der Waals surface area contributed by atoms with Gasteiger partial charge < -0.3 is 14.7 Å². The molecule has 8 heteroatoms. The van der Waals surface area contributed by atoms with E-state index in [2.05, 4.69) is 15.5 Å². The molecule has 3 heterocycles. The van der Waals surface area contributed by atoms with Gasteiger partial charge in [-0.2, -0.15) is 0 Å². The van der Waals surface area contributed by atoms with Crippen LogP contribution in [-0.4, -0.2) is 38.3 Å². The predicted octanol–water partition coefficient (Wildman–Crippen LogP) is 3.16. The Kier molecular flexibility index (Phi) is 4.82. The standard InChI is InChI=1S/C21H19N5O3/c1-14-12-17(24-29-14)22-20(27)18-16-10-6-7-11-26(16)19(23-18)21(28)25(2)13-15-8-4-3-5-9-15/h3-12H,13H2,1-2H3,(H,22,24,27). The molecule has 0 saturated carbocycles. The molecule has 0 aliphatic heterocycles. The Labute approximate surface area is 166 Å². The molecule has 0 aliphatic carbocycles. The number of hydrogen-bond donors (Lipinski definition) is 1. The zero-order valence-electron chi connectivity index (χ0n) is 16.0. The zero-order chi connectivity index (χ0) is 20.4. The van der Waals surface area contributed by atoms with Crippen molar-refractivity contribution in [2.45, 2.75) is 13.5 Å². The molecular formula is C21H19N5O3. The van der Waals surface area contributed by atoms with Crippen molar-refractivity contribution in [3.63, 3.8) is 0 Å². The average molecular weight is 389 g/mol. The van der Waals surface area contributed by atoms with Crippen LogP contribution < -0.4 is 5.32 Å². The van der Waals surface area contributed by atoms with Gasteiger partial charge in [-0.3, -0.25) is 14.0 Å². The summed E-state index contributed by atoms with van der Waals surface area (Å²) in [5.41, 5.74) is 1.67. The molecular weight excluding hydrogens is 370 g/mol. The number of rotatable bonds is 5. The van der Waals surface area contributed by atoms with Crippen molar-refractivity contribution >= 4 is 23.1 Å². The third-order valence-corrected chi connectivity index (χ3v) is 4.43. The molecule has 0 bridgehead atoms. The zero-order valence-corrected chi connectivity index (χ0v) is 16.0. The lowest BCUT2D eigenvalue weighted by Gasteiger charge is -2.16. The van der Waals surface area contributed by atoms with Gasteiger partial charge in [0.2, 0.25) is 5.82 Å². The second kappa shape index (κ2) is 7.59. The van der Waals surface area contributed by atoms with Gasteiger partial charge in [0.15, 0.2) is 11.5 Å². The number of carbonyl (C=O) groups is 2. The maximum Gasteiger partial charge on any atom is 0.290 e. The number of aryl methyl sites for hydroxylation is 1. The Bertz CT molecular complexity index is 1180. The van der Waals surface area contributed by atoms with E-state index in [9.17, 15) is 9.59 Å². The maximum absolute atomic E-state index is 13.0. The van der Waals surface area contributed by atoms with Crippen LogP contribution in [-0.2, 0) is 6.54 Å². The predicted molar refractivity (Wildman–Crippen MR) is 107 cm³/mol. The van der Waals surface area contributed by atoms with E-state index in [0.29, 0.717) is 23.6 Å². The number of pyridine rings is 1. The summed E-state index contributed by atoms with van der Waals surface area (Å²) in [7, 11) is 1.71. The second-order valence-corrected chi connectivity index (χ2v) is 6.66. The quantitative estimate of drug-likeness (QED) is 0.566. The number of nitrogens with one attached hydrogen (secondary N) is 1. The molecule has 0 atom stereocenters. The minimum atomic E-state index is -0.466. The number of hydrogen-bond acceptors (Lipinski definition) is 5. The number of aromatic nitrogens is 3. The number of imidazole rings is 1. The number of carbonyl (C=O) groups excluding carboxylic acids is 2. The summed E-state index contributed by atoms with van der Waals surface area (Å²) < 4.78 is 6.59. The first-order chi connectivity index (χ1) is 14.0. The highest BCUT2D eigenvalue weighted by molar-refractivity contribution is 6.08. The molecule has 0 aliphatic rings. The normalized spacial score (nSPS) is 10.8. The van der Waals surface area contributed by atoms with Crippen LogP contribution in [0.2, 0.25) is 0 Å². The van der Waals surface area contributed by atoms with Gasteiger partial charge in [0.1, 0.15) is 5.76 Å². The summed E-state index contributed by atoms with van der Waals surface area (Å²) >= 11 is 0. The minimum Gasteiger partial charge on any atom is -0.360 e. The summed E-state index contributed by atoms with van der Waals surface area (Å²) in [6.07, 6.45) is 1.71. The molecule has 8 nitrogen and oxygen atoms in total. The SMILES string of the molecule is Cc1cc(NC(=O)c2nc(C(=O)N(C)Cc3ccccc3)n3ccccc23)no1. The van der Waals surface area contributed by atoms with Crippen molar-refractivity contribution in [2.24, 2.45) is 0 Å². The lowest BCUT2D eigenvalue weighted by molar-refractivity contribution is 0.0772. The van der Waals surface area contributed by atoms with E-state index in [0.717, 1.165) is 5.56 Å². The minimum absolute atomic E-state index is 0.141. The van der Waals surface area contributed by atoms with Gasteiger partial charge in [0.05, 0.1) is 5.52 Å². The molecule has 4 aromatic rings. The van der Waals surface area contributed by atoms with Gasteiger partial charge in [-0.05, 0) is 24.6 Å². The molecule has 146 valence electrons. The number of anilines is 1. The van der Waals surface area contributed by atoms with Crippen LogP contribution in [0, 0.1) is 6.92 Å². The van der Waals surface area contributed by atoms with E-state index in [1.807, 2.05) is 30.3 Å². The maximum atomic E-state index is 13.0. The molecule has 4 rings (SSSR count). The summed E-state index contributed by atoms with van der Waals surface area (Å²) in [5, 5.41) is 6.41. The highest BCUT2D eigenvalue weighted by Crippen LogP contribution is 2.17. The topological polar surface area (TPSA) is 92.7 Å². The molecule has 0 spiro atoms. The number of benzene rings is 1. The van der Waals surface area contributed by atoms with Crippen molar-refractivity contribution in [3.05, 3.63) is 83.6 Å². The summed E-state index contributed by atoms with van der Waals surface area (Å²) in [6.45, 7) is 2.16. The summed E-state index contributed by atoms with van der Waals surface area (Å²) in [5.74, 6) is 0.283. The lowest BCUT2D eigenvalue weighted by Crippen LogP contribution is -2.28. The third kappa shape index (κ3) is 3.73. The molecule has 1 N–H and O–H groups in total. The fourth-order valence-corrected chi connectivity index (χ4v) is 3.06. The largest absolute Gasteiger partial charge is 0.360 e. The van der Waals surface area contributed by atoms with Crippen molar-refractivity contribution in [1.82, 2.24) is 19.4 Å². The van der Waals surface area contributed by atoms with Gasteiger partial charge in [0, 0.05) is 25.9 Å². The first kappa shape index (κ1) is 18.4. The highest BCUT2D eigenvalue weighted by atomic mass is 16.5. The molecule has 2 amide bonds. The Morgan fingerprint density at radius 1 is 1.14 bits per heavy atom. The first-order valence-electron chi connectivity index (χ1n) is 9.04. The monoisotopic (exact) mass is 389 g/mol. The smallest absolute Gasteiger partial charge is 0.290 e. The lowest BCUT2D eigenvalue weighted by atomic mass is 10.2. The molecule has 3 aromatic heterocycles. The van der Waals surface area contributed by atoms with E-state index in [4.69, 9.17) is 4.52 Å². The molecule has 0 saturated heterocycles. The van der Waals surface area contributed by atoms with E-state index in [-0.39, 0.29) is 17.4 Å². The highest BCUT2D eigenvalue weighted by Gasteiger charge is 2.24. The number of nitrogens with zero attached hydrogens (tertiary/aromatic N) is 4. The van der Waals surface area contributed by atoms with E-state index < -0.39 is 5.91 Å². The molecule has 29 heavy (non-hydrogen) atoms. The Hall–Kier alpha value is -3.94. The second-order valence-electron chi connectivity index (χ2n) is 6.66. The fraction of sp³-hybridized carbons (Fsp3) is 0.143. The van der Waals surface area contributed by atoms with Crippen LogP contribution in [0.3, 0.4) is 0 Å². The van der Waals surface area contributed by atoms with Crippen molar-refractivity contribution in [3.8, 4) is 0 Å². The fourth-order valence-electron chi connectivity index (χ4n) is 3.06. The van der Waals surface area contributed by atoms with Crippen LogP contribution in [0.4, 0.5) is 5.82 Å². The van der Waals surface area contributed by atoms with Gasteiger partial charge >= 0.3 is 0 Å².